The van der Waals surface area contributed by atoms with E-state index in [0.717, 1.165) is 19.3 Å². The monoisotopic (exact) mass is 237 g/mol. The van der Waals surface area contributed by atoms with E-state index in [-0.39, 0.29) is 23.6 Å². The Hall–Kier alpha value is -1.49. The van der Waals surface area contributed by atoms with Gasteiger partial charge in [-0.25, -0.2) is 4.98 Å². The van der Waals surface area contributed by atoms with Crippen LogP contribution in [0.5, 0.6) is 0 Å². The highest BCUT2D eigenvalue weighted by Crippen LogP contribution is 2.31. The molecule has 2 unspecified atom stereocenters. The van der Waals surface area contributed by atoms with Crippen LogP contribution in [-0.2, 0) is 4.79 Å². The first kappa shape index (κ1) is 12.0. The van der Waals surface area contributed by atoms with E-state index in [4.69, 9.17) is 5.73 Å². The van der Waals surface area contributed by atoms with Crippen molar-refractivity contribution in [2.24, 2.45) is 17.6 Å². The highest BCUT2D eigenvalue weighted by Gasteiger charge is 2.31. The largest absolute Gasteiger partial charge is 0.330 e. The SMILES string of the molecule is NCC1CCCC1C(=O)Nc1cccc(F)n1. The van der Waals surface area contributed by atoms with E-state index in [1.54, 1.807) is 6.07 Å². The van der Waals surface area contributed by atoms with Gasteiger partial charge in [-0.2, -0.15) is 4.39 Å². The van der Waals surface area contributed by atoms with Crippen molar-refractivity contribution >= 4 is 11.7 Å². The number of carbonyl (C=O) groups is 1. The fourth-order valence-electron chi connectivity index (χ4n) is 2.36. The van der Waals surface area contributed by atoms with Gasteiger partial charge in [-0.3, -0.25) is 4.79 Å². The molecule has 1 heterocycles. The van der Waals surface area contributed by atoms with E-state index in [1.165, 1.54) is 12.1 Å². The minimum absolute atomic E-state index is 0.0648. The van der Waals surface area contributed by atoms with Gasteiger partial charge in [0.25, 0.3) is 0 Å². The topological polar surface area (TPSA) is 68.0 Å². The van der Waals surface area contributed by atoms with E-state index in [9.17, 15) is 9.18 Å². The zero-order chi connectivity index (χ0) is 12.3. The third kappa shape index (κ3) is 2.79. The van der Waals surface area contributed by atoms with Crippen LogP contribution in [0.3, 0.4) is 0 Å². The molecule has 0 radical (unpaired) electrons. The number of nitrogens with one attached hydrogen (secondary N) is 1. The Morgan fingerprint density at radius 3 is 3.06 bits per heavy atom. The number of anilines is 1. The van der Waals surface area contributed by atoms with Crippen molar-refractivity contribution in [3.05, 3.63) is 24.1 Å². The highest BCUT2D eigenvalue weighted by atomic mass is 19.1. The standard InChI is InChI=1S/C12H16FN3O/c13-10-5-2-6-11(15-10)16-12(17)9-4-1-3-8(9)7-14/h2,5-6,8-9H,1,3-4,7,14H2,(H,15,16,17). The average Bonchev–Trinajstić information content (AvgIpc) is 2.77. The van der Waals surface area contributed by atoms with Crippen LogP contribution in [0.25, 0.3) is 0 Å². The highest BCUT2D eigenvalue weighted by molar-refractivity contribution is 5.92. The Balaban J connectivity index is 2.01. The zero-order valence-corrected chi connectivity index (χ0v) is 9.53. The molecule has 17 heavy (non-hydrogen) atoms. The molecule has 0 aromatic carbocycles. The first-order valence-electron chi connectivity index (χ1n) is 5.84. The third-order valence-electron chi connectivity index (χ3n) is 3.26. The molecule has 1 aliphatic rings. The van der Waals surface area contributed by atoms with Crippen LogP contribution in [-0.4, -0.2) is 17.4 Å². The summed E-state index contributed by atoms with van der Waals surface area (Å²) in [6.07, 6.45) is 2.87. The van der Waals surface area contributed by atoms with Crippen LogP contribution >= 0.6 is 0 Å². The molecule has 1 aromatic rings. The average molecular weight is 237 g/mol. The molecular formula is C12H16FN3O. The predicted octanol–water partition coefficient (Wildman–Crippen LogP) is 1.53. The second-order valence-electron chi connectivity index (χ2n) is 4.37. The fourth-order valence-corrected chi connectivity index (χ4v) is 2.36. The molecule has 1 fully saturated rings. The van der Waals surface area contributed by atoms with Crippen molar-refractivity contribution in [1.82, 2.24) is 4.98 Å². The second-order valence-corrected chi connectivity index (χ2v) is 4.37. The van der Waals surface area contributed by atoms with E-state index in [1.807, 2.05) is 0 Å². The first-order chi connectivity index (χ1) is 8.20. The van der Waals surface area contributed by atoms with E-state index in [0.29, 0.717) is 6.54 Å². The predicted molar refractivity (Wildman–Crippen MR) is 62.7 cm³/mol. The molecule has 0 saturated heterocycles. The molecule has 4 nitrogen and oxygen atoms in total. The van der Waals surface area contributed by atoms with Crippen LogP contribution in [0.2, 0.25) is 0 Å². The lowest BCUT2D eigenvalue weighted by Gasteiger charge is -2.16. The molecule has 0 spiro atoms. The normalized spacial score (nSPS) is 23.6. The maximum absolute atomic E-state index is 12.9. The number of halogens is 1. The van der Waals surface area contributed by atoms with Crippen LogP contribution in [0, 0.1) is 17.8 Å². The van der Waals surface area contributed by atoms with Crippen molar-refractivity contribution in [3.63, 3.8) is 0 Å². The Morgan fingerprint density at radius 1 is 1.53 bits per heavy atom. The summed E-state index contributed by atoms with van der Waals surface area (Å²) >= 11 is 0. The Labute approximate surface area is 99.4 Å². The molecule has 5 heteroatoms. The summed E-state index contributed by atoms with van der Waals surface area (Å²) in [7, 11) is 0. The lowest BCUT2D eigenvalue weighted by atomic mass is 9.95. The zero-order valence-electron chi connectivity index (χ0n) is 9.53. The smallest absolute Gasteiger partial charge is 0.228 e. The minimum atomic E-state index is -0.593. The molecule has 2 rings (SSSR count). The Bertz CT molecular complexity index is 410. The van der Waals surface area contributed by atoms with Crippen molar-refractivity contribution < 1.29 is 9.18 Å². The molecule has 0 aliphatic heterocycles. The summed E-state index contributed by atoms with van der Waals surface area (Å²) in [6.45, 7) is 0.522. The number of carbonyl (C=O) groups excluding carboxylic acids is 1. The van der Waals surface area contributed by atoms with Crippen LogP contribution < -0.4 is 11.1 Å². The van der Waals surface area contributed by atoms with Crippen molar-refractivity contribution in [1.29, 1.82) is 0 Å². The van der Waals surface area contributed by atoms with Gasteiger partial charge in [0.1, 0.15) is 5.82 Å². The summed E-state index contributed by atoms with van der Waals surface area (Å²) in [4.78, 5) is 15.6. The molecule has 92 valence electrons. The molecule has 1 saturated carbocycles. The van der Waals surface area contributed by atoms with Gasteiger partial charge in [-0.1, -0.05) is 12.5 Å². The molecular weight excluding hydrogens is 221 g/mol. The van der Waals surface area contributed by atoms with Gasteiger partial charge in [-0.05, 0) is 37.4 Å². The number of pyridine rings is 1. The van der Waals surface area contributed by atoms with Crippen LogP contribution in [0.1, 0.15) is 19.3 Å². The third-order valence-corrected chi connectivity index (χ3v) is 3.26. The molecule has 1 aromatic heterocycles. The molecule has 1 aliphatic carbocycles. The van der Waals surface area contributed by atoms with Crippen molar-refractivity contribution in [2.45, 2.75) is 19.3 Å². The molecule has 0 bridgehead atoms. The van der Waals surface area contributed by atoms with Gasteiger partial charge < -0.3 is 11.1 Å². The summed E-state index contributed by atoms with van der Waals surface area (Å²) in [5.41, 5.74) is 5.62. The lowest BCUT2D eigenvalue weighted by molar-refractivity contribution is -0.120. The summed E-state index contributed by atoms with van der Waals surface area (Å²) in [5.74, 6) is -0.257. The fraction of sp³-hybridized carbons (Fsp3) is 0.500. The number of rotatable bonds is 3. The van der Waals surface area contributed by atoms with E-state index in [2.05, 4.69) is 10.3 Å². The van der Waals surface area contributed by atoms with Crippen molar-refractivity contribution in [2.75, 3.05) is 11.9 Å². The second kappa shape index (κ2) is 5.23. The number of amides is 1. The van der Waals surface area contributed by atoms with E-state index < -0.39 is 5.95 Å². The van der Waals surface area contributed by atoms with Gasteiger partial charge >= 0.3 is 0 Å². The number of aromatic nitrogens is 1. The maximum atomic E-state index is 12.9. The molecule has 2 atom stereocenters. The molecule has 1 amide bonds. The van der Waals surface area contributed by atoms with E-state index >= 15 is 0 Å². The number of nitrogens with two attached hydrogens (primary N) is 1. The summed E-state index contributed by atoms with van der Waals surface area (Å²) in [6, 6.07) is 4.34. The van der Waals surface area contributed by atoms with Crippen molar-refractivity contribution in [3.8, 4) is 0 Å². The minimum Gasteiger partial charge on any atom is -0.330 e. The molecule has 3 N–H and O–H groups in total. The Kier molecular flexibility index (Phi) is 3.68. The van der Waals surface area contributed by atoms with Gasteiger partial charge in [0.05, 0.1) is 0 Å². The van der Waals surface area contributed by atoms with Gasteiger partial charge in [0.15, 0.2) is 0 Å². The van der Waals surface area contributed by atoms with Gasteiger partial charge in [0.2, 0.25) is 11.9 Å². The summed E-state index contributed by atoms with van der Waals surface area (Å²) < 4.78 is 12.9. The number of hydrogen-bond acceptors (Lipinski definition) is 3. The maximum Gasteiger partial charge on any atom is 0.228 e. The van der Waals surface area contributed by atoms with Gasteiger partial charge in [-0.15, -0.1) is 0 Å². The lowest BCUT2D eigenvalue weighted by Crippen LogP contribution is -2.30. The van der Waals surface area contributed by atoms with Crippen LogP contribution in [0.4, 0.5) is 10.2 Å². The number of hydrogen-bond donors (Lipinski definition) is 2. The van der Waals surface area contributed by atoms with Gasteiger partial charge in [0, 0.05) is 5.92 Å². The quantitative estimate of drug-likeness (QED) is 0.783. The first-order valence-corrected chi connectivity index (χ1v) is 5.84. The number of nitrogens with zero attached hydrogens (tertiary/aromatic N) is 1. The summed E-state index contributed by atoms with van der Waals surface area (Å²) in [5, 5.41) is 2.64. The van der Waals surface area contributed by atoms with Crippen LogP contribution in [0.15, 0.2) is 18.2 Å². The Morgan fingerprint density at radius 2 is 2.35 bits per heavy atom.